The maximum Gasteiger partial charge on any atom is 0.271 e. The van der Waals surface area contributed by atoms with Gasteiger partial charge in [-0.2, -0.15) is 0 Å². The molecule has 0 fully saturated rings. The van der Waals surface area contributed by atoms with Crippen LogP contribution in [-0.4, -0.2) is 37.2 Å². The summed E-state index contributed by atoms with van der Waals surface area (Å²) in [5.41, 5.74) is -0.594. The highest BCUT2D eigenvalue weighted by Gasteiger charge is 2.23. The Labute approximate surface area is 127 Å². The van der Waals surface area contributed by atoms with Crippen molar-refractivity contribution in [3.05, 3.63) is 33.9 Å². The Bertz CT molecular complexity index is 674. The molecule has 0 spiro atoms. The number of halogens is 1. The Morgan fingerprint density at radius 2 is 2.00 bits per heavy atom. The minimum atomic E-state index is -4.17. The molecule has 116 valence electrons. The summed E-state index contributed by atoms with van der Waals surface area (Å²) in [5, 5.41) is 10.9. The third-order valence-corrected chi connectivity index (χ3v) is 4.54. The van der Waals surface area contributed by atoms with E-state index in [0.29, 0.717) is 6.42 Å². The number of hydrogen-bond acceptors (Lipinski definition) is 5. The molecule has 7 nitrogen and oxygen atoms in total. The monoisotopic (exact) mass is 334 g/mol. The standard InChI is InChI=1S/C12H15ClN2O5S/c1-4-8(2)14(3)12(16)9-5-10(15(17)18)7-11(6-9)21(13,19)20/h5-8H,4H2,1-3H3. The second-order valence-electron chi connectivity index (χ2n) is 4.58. The Hall–Kier alpha value is -1.67. The van der Waals surface area contributed by atoms with Crippen molar-refractivity contribution >= 4 is 31.3 Å². The van der Waals surface area contributed by atoms with Gasteiger partial charge in [0.25, 0.3) is 20.6 Å². The van der Waals surface area contributed by atoms with Crippen LogP contribution < -0.4 is 0 Å². The Morgan fingerprint density at radius 3 is 2.43 bits per heavy atom. The molecule has 21 heavy (non-hydrogen) atoms. The van der Waals surface area contributed by atoms with E-state index in [1.54, 1.807) is 7.05 Å². The first-order valence-electron chi connectivity index (χ1n) is 6.09. The predicted molar refractivity (Wildman–Crippen MR) is 78.0 cm³/mol. The summed E-state index contributed by atoms with van der Waals surface area (Å²) in [7, 11) is 2.58. The van der Waals surface area contributed by atoms with Gasteiger partial charge in [0.05, 0.1) is 9.82 Å². The number of non-ortho nitro benzene ring substituents is 1. The highest BCUT2D eigenvalue weighted by Crippen LogP contribution is 2.24. The maximum absolute atomic E-state index is 12.3. The van der Waals surface area contributed by atoms with Gasteiger partial charge in [-0.25, -0.2) is 8.42 Å². The minimum Gasteiger partial charge on any atom is -0.339 e. The minimum absolute atomic E-state index is 0.0900. The van der Waals surface area contributed by atoms with Crippen molar-refractivity contribution in [2.45, 2.75) is 31.2 Å². The smallest absolute Gasteiger partial charge is 0.271 e. The van der Waals surface area contributed by atoms with Crippen molar-refractivity contribution in [3.63, 3.8) is 0 Å². The van der Waals surface area contributed by atoms with Crippen LogP contribution in [0.25, 0.3) is 0 Å². The molecule has 0 aliphatic heterocycles. The zero-order valence-corrected chi connectivity index (χ0v) is 13.3. The summed E-state index contributed by atoms with van der Waals surface area (Å²) in [6, 6.07) is 2.80. The average Bonchev–Trinajstić information content (AvgIpc) is 2.43. The fraction of sp³-hybridized carbons (Fsp3) is 0.417. The molecule has 0 heterocycles. The average molecular weight is 335 g/mol. The van der Waals surface area contributed by atoms with E-state index in [2.05, 4.69) is 0 Å². The van der Waals surface area contributed by atoms with Gasteiger partial charge >= 0.3 is 0 Å². The van der Waals surface area contributed by atoms with Crippen LogP contribution in [-0.2, 0) is 9.05 Å². The van der Waals surface area contributed by atoms with Crippen LogP contribution >= 0.6 is 10.7 Å². The molecule has 1 unspecified atom stereocenters. The summed E-state index contributed by atoms with van der Waals surface area (Å²) in [5.74, 6) is -0.505. The Balaban J connectivity index is 3.39. The zero-order chi connectivity index (χ0) is 16.4. The van der Waals surface area contributed by atoms with Crippen molar-refractivity contribution in [2.24, 2.45) is 0 Å². The molecule has 0 aliphatic carbocycles. The quantitative estimate of drug-likeness (QED) is 0.468. The highest BCUT2D eigenvalue weighted by molar-refractivity contribution is 8.13. The lowest BCUT2D eigenvalue weighted by atomic mass is 10.1. The molecule has 1 atom stereocenters. The van der Waals surface area contributed by atoms with Crippen LogP contribution in [0.3, 0.4) is 0 Å². The van der Waals surface area contributed by atoms with Crippen LogP contribution in [0.2, 0.25) is 0 Å². The number of hydrogen-bond donors (Lipinski definition) is 0. The molecule has 1 aromatic carbocycles. The number of carbonyl (C=O) groups excluding carboxylic acids is 1. The highest BCUT2D eigenvalue weighted by atomic mass is 35.7. The van der Waals surface area contributed by atoms with Gasteiger partial charge in [-0.15, -0.1) is 0 Å². The van der Waals surface area contributed by atoms with E-state index in [0.717, 1.165) is 18.2 Å². The lowest BCUT2D eigenvalue weighted by Gasteiger charge is -2.23. The van der Waals surface area contributed by atoms with Crippen LogP contribution in [0.4, 0.5) is 5.69 Å². The maximum atomic E-state index is 12.3. The van der Waals surface area contributed by atoms with Gasteiger partial charge in [-0.3, -0.25) is 14.9 Å². The second-order valence-corrected chi connectivity index (χ2v) is 7.15. The summed E-state index contributed by atoms with van der Waals surface area (Å²) in [6.45, 7) is 3.70. The summed E-state index contributed by atoms with van der Waals surface area (Å²) in [4.78, 5) is 23.3. The number of rotatable bonds is 5. The van der Waals surface area contributed by atoms with Crippen molar-refractivity contribution in [1.29, 1.82) is 0 Å². The molecular formula is C12H15ClN2O5S. The number of benzene rings is 1. The third-order valence-electron chi connectivity index (χ3n) is 3.20. The van der Waals surface area contributed by atoms with E-state index in [9.17, 15) is 23.3 Å². The zero-order valence-electron chi connectivity index (χ0n) is 11.7. The van der Waals surface area contributed by atoms with Gasteiger partial charge in [-0.1, -0.05) is 6.92 Å². The number of nitro benzene ring substituents is 1. The molecule has 0 aliphatic rings. The number of carbonyl (C=O) groups is 1. The van der Waals surface area contributed by atoms with Crippen LogP contribution in [0.5, 0.6) is 0 Å². The normalized spacial score (nSPS) is 12.8. The van der Waals surface area contributed by atoms with E-state index in [-0.39, 0.29) is 11.6 Å². The van der Waals surface area contributed by atoms with E-state index >= 15 is 0 Å². The molecular weight excluding hydrogens is 320 g/mol. The number of amides is 1. The molecule has 9 heteroatoms. The third kappa shape index (κ3) is 4.15. The van der Waals surface area contributed by atoms with Crippen molar-refractivity contribution in [3.8, 4) is 0 Å². The summed E-state index contributed by atoms with van der Waals surface area (Å²) in [6.07, 6.45) is 0.692. The van der Waals surface area contributed by atoms with Gasteiger partial charge in [0.1, 0.15) is 0 Å². The fourth-order valence-electron chi connectivity index (χ4n) is 1.63. The van der Waals surface area contributed by atoms with Crippen molar-refractivity contribution in [2.75, 3.05) is 7.05 Å². The molecule has 1 rings (SSSR count). The van der Waals surface area contributed by atoms with E-state index in [4.69, 9.17) is 10.7 Å². The lowest BCUT2D eigenvalue weighted by Crippen LogP contribution is -2.34. The van der Waals surface area contributed by atoms with Crippen LogP contribution in [0.15, 0.2) is 23.1 Å². The Morgan fingerprint density at radius 1 is 1.43 bits per heavy atom. The second kappa shape index (κ2) is 6.40. The molecule has 0 saturated heterocycles. The topological polar surface area (TPSA) is 97.6 Å². The lowest BCUT2D eigenvalue weighted by molar-refractivity contribution is -0.385. The van der Waals surface area contributed by atoms with Gasteiger partial charge in [0.2, 0.25) is 0 Å². The molecule has 0 saturated carbocycles. The number of nitrogens with zero attached hydrogens (tertiary/aromatic N) is 2. The first-order valence-corrected chi connectivity index (χ1v) is 8.40. The Kier molecular flexibility index (Phi) is 5.30. The van der Waals surface area contributed by atoms with Gasteiger partial charge in [0, 0.05) is 41.5 Å². The molecule has 0 radical (unpaired) electrons. The molecule has 0 aromatic heterocycles. The van der Waals surface area contributed by atoms with Gasteiger partial charge in [-0.05, 0) is 19.4 Å². The van der Waals surface area contributed by atoms with Crippen LogP contribution in [0.1, 0.15) is 30.6 Å². The first kappa shape index (κ1) is 17.4. The van der Waals surface area contributed by atoms with E-state index in [1.165, 1.54) is 4.90 Å². The molecule has 0 N–H and O–H groups in total. The van der Waals surface area contributed by atoms with Crippen molar-refractivity contribution in [1.82, 2.24) is 4.90 Å². The summed E-state index contributed by atoms with van der Waals surface area (Å²) >= 11 is 0. The van der Waals surface area contributed by atoms with E-state index < -0.39 is 30.5 Å². The first-order chi connectivity index (χ1) is 9.57. The fourth-order valence-corrected chi connectivity index (χ4v) is 2.43. The molecule has 0 bridgehead atoms. The van der Waals surface area contributed by atoms with Gasteiger partial charge < -0.3 is 4.90 Å². The SMILES string of the molecule is CCC(C)N(C)C(=O)c1cc([N+](=O)[O-])cc(S(=O)(=O)Cl)c1. The molecule has 1 aromatic rings. The predicted octanol–water partition coefficient (Wildman–Crippen LogP) is 2.39. The van der Waals surface area contributed by atoms with E-state index in [1.807, 2.05) is 13.8 Å². The van der Waals surface area contributed by atoms with Gasteiger partial charge in [0.15, 0.2) is 0 Å². The van der Waals surface area contributed by atoms with Crippen LogP contribution in [0, 0.1) is 10.1 Å². The summed E-state index contributed by atoms with van der Waals surface area (Å²) < 4.78 is 22.7. The number of nitro groups is 1. The molecule has 1 amide bonds. The largest absolute Gasteiger partial charge is 0.339 e. The van der Waals surface area contributed by atoms with Crippen molar-refractivity contribution < 1.29 is 18.1 Å².